The van der Waals surface area contributed by atoms with Gasteiger partial charge >= 0.3 is 5.69 Å². The number of pyridine rings is 1. The quantitative estimate of drug-likeness (QED) is 0.603. The maximum absolute atomic E-state index is 10.9. The highest BCUT2D eigenvalue weighted by Crippen LogP contribution is 2.26. The summed E-state index contributed by atoms with van der Waals surface area (Å²) in [4.78, 5) is 14.5. The van der Waals surface area contributed by atoms with E-state index in [1.807, 2.05) is 13.8 Å². The van der Waals surface area contributed by atoms with E-state index in [0.29, 0.717) is 5.56 Å². The van der Waals surface area contributed by atoms with Gasteiger partial charge < -0.3 is 10.4 Å². The van der Waals surface area contributed by atoms with E-state index in [2.05, 4.69) is 10.3 Å². The first kappa shape index (κ1) is 13.4. The van der Waals surface area contributed by atoms with E-state index in [1.54, 1.807) is 13.0 Å². The van der Waals surface area contributed by atoms with E-state index in [4.69, 9.17) is 0 Å². The molecule has 0 saturated heterocycles. The molecule has 1 atom stereocenters. The molecule has 6 nitrogen and oxygen atoms in total. The van der Waals surface area contributed by atoms with Gasteiger partial charge in [0.05, 0.1) is 17.6 Å². The summed E-state index contributed by atoms with van der Waals surface area (Å²) in [6.07, 6.45) is 1.51. The van der Waals surface area contributed by atoms with Gasteiger partial charge in [-0.3, -0.25) is 10.1 Å². The third kappa shape index (κ3) is 3.13. The third-order valence-electron chi connectivity index (χ3n) is 2.63. The third-order valence-corrected chi connectivity index (χ3v) is 2.63. The Balaban J connectivity index is 3.05. The molecule has 1 aromatic heterocycles. The summed E-state index contributed by atoms with van der Waals surface area (Å²) in [6.45, 7) is 5.42. The van der Waals surface area contributed by atoms with E-state index in [1.165, 1.54) is 6.20 Å². The van der Waals surface area contributed by atoms with Crippen molar-refractivity contribution in [2.24, 2.45) is 5.92 Å². The number of rotatable bonds is 5. The number of nitrogens with zero attached hydrogens (tertiary/aromatic N) is 2. The van der Waals surface area contributed by atoms with Gasteiger partial charge in [-0.15, -0.1) is 0 Å². The lowest BCUT2D eigenvalue weighted by Gasteiger charge is -2.20. The molecule has 0 fully saturated rings. The van der Waals surface area contributed by atoms with Crippen LogP contribution in [0.25, 0.3) is 0 Å². The lowest BCUT2D eigenvalue weighted by Crippen LogP contribution is -2.30. The van der Waals surface area contributed by atoms with Crippen molar-refractivity contribution in [3.63, 3.8) is 0 Å². The summed E-state index contributed by atoms with van der Waals surface area (Å²) < 4.78 is 0. The van der Waals surface area contributed by atoms with Gasteiger partial charge in [-0.25, -0.2) is 4.98 Å². The van der Waals surface area contributed by atoms with E-state index in [9.17, 15) is 15.2 Å². The number of hydrogen-bond donors (Lipinski definition) is 2. The standard InChI is InChI=1S/C11H17N3O3/c1-7(2)9(6-15)13-11-10(14(16)17)8(3)4-5-12-11/h4-5,7,9,15H,6H2,1-3H3,(H,12,13)/t9-/m1/s1. The molecule has 17 heavy (non-hydrogen) atoms. The van der Waals surface area contributed by atoms with Crippen LogP contribution in [0, 0.1) is 23.0 Å². The van der Waals surface area contributed by atoms with Crippen molar-refractivity contribution < 1.29 is 10.0 Å². The first-order chi connectivity index (χ1) is 7.97. The largest absolute Gasteiger partial charge is 0.394 e. The molecule has 0 unspecified atom stereocenters. The van der Waals surface area contributed by atoms with Gasteiger partial charge in [0.1, 0.15) is 0 Å². The predicted octanol–water partition coefficient (Wildman–Crippen LogP) is 1.73. The fraction of sp³-hybridized carbons (Fsp3) is 0.545. The zero-order valence-corrected chi connectivity index (χ0v) is 10.2. The van der Waals surface area contributed by atoms with Crippen molar-refractivity contribution in [2.45, 2.75) is 26.8 Å². The summed E-state index contributed by atoms with van der Waals surface area (Å²) in [7, 11) is 0. The van der Waals surface area contributed by atoms with Gasteiger partial charge in [0.25, 0.3) is 0 Å². The number of nitro groups is 1. The fourth-order valence-corrected chi connectivity index (χ4v) is 1.49. The van der Waals surface area contributed by atoms with Crippen molar-refractivity contribution >= 4 is 11.5 Å². The molecule has 0 saturated carbocycles. The monoisotopic (exact) mass is 239 g/mol. The minimum atomic E-state index is -0.459. The smallest absolute Gasteiger partial charge is 0.314 e. The number of aryl methyl sites for hydroxylation is 1. The first-order valence-electron chi connectivity index (χ1n) is 5.44. The molecule has 2 N–H and O–H groups in total. The highest BCUT2D eigenvalue weighted by Gasteiger charge is 2.22. The lowest BCUT2D eigenvalue weighted by molar-refractivity contribution is -0.384. The van der Waals surface area contributed by atoms with Gasteiger partial charge in [-0.05, 0) is 18.9 Å². The van der Waals surface area contributed by atoms with Crippen LogP contribution >= 0.6 is 0 Å². The van der Waals surface area contributed by atoms with E-state index in [-0.39, 0.29) is 30.1 Å². The highest BCUT2D eigenvalue weighted by molar-refractivity contribution is 5.60. The molecule has 1 heterocycles. The van der Waals surface area contributed by atoms with Gasteiger partial charge in [-0.1, -0.05) is 13.8 Å². The summed E-state index contributed by atoms with van der Waals surface area (Å²) in [5.74, 6) is 0.365. The molecule has 1 aromatic rings. The number of aliphatic hydroxyl groups excluding tert-OH is 1. The van der Waals surface area contributed by atoms with Gasteiger partial charge in [-0.2, -0.15) is 0 Å². The first-order valence-corrected chi connectivity index (χ1v) is 5.44. The second-order valence-electron chi connectivity index (χ2n) is 4.26. The SMILES string of the molecule is Cc1ccnc(N[C@H](CO)C(C)C)c1[N+](=O)[O-]. The Morgan fingerprint density at radius 3 is 2.71 bits per heavy atom. The number of aliphatic hydroxyl groups is 1. The molecular formula is C11H17N3O3. The van der Waals surface area contributed by atoms with Crippen LogP contribution in [0.5, 0.6) is 0 Å². The van der Waals surface area contributed by atoms with Crippen LogP contribution in [-0.2, 0) is 0 Å². The Kier molecular flexibility index (Phi) is 4.39. The van der Waals surface area contributed by atoms with Gasteiger partial charge in [0.2, 0.25) is 5.82 Å². The molecular weight excluding hydrogens is 222 g/mol. The second kappa shape index (κ2) is 5.58. The van der Waals surface area contributed by atoms with Crippen LogP contribution in [-0.4, -0.2) is 27.7 Å². The zero-order chi connectivity index (χ0) is 13.0. The summed E-state index contributed by atoms with van der Waals surface area (Å²) in [6, 6.07) is 1.34. The predicted molar refractivity (Wildman–Crippen MR) is 65.0 cm³/mol. The van der Waals surface area contributed by atoms with Crippen LogP contribution in [0.15, 0.2) is 12.3 Å². The van der Waals surface area contributed by atoms with Gasteiger partial charge in [0.15, 0.2) is 0 Å². The van der Waals surface area contributed by atoms with Crippen LogP contribution in [0.2, 0.25) is 0 Å². The number of anilines is 1. The summed E-state index contributed by atoms with van der Waals surface area (Å²) >= 11 is 0. The minimum Gasteiger partial charge on any atom is -0.394 e. The number of hydrogen-bond acceptors (Lipinski definition) is 5. The molecule has 0 aromatic carbocycles. The van der Waals surface area contributed by atoms with Gasteiger partial charge in [0, 0.05) is 11.8 Å². The maximum Gasteiger partial charge on any atom is 0.314 e. The van der Waals surface area contributed by atoms with Crippen molar-refractivity contribution in [1.82, 2.24) is 4.98 Å². The zero-order valence-electron chi connectivity index (χ0n) is 10.2. The molecule has 0 aliphatic carbocycles. The van der Waals surface area contributed by atoms with Crippen LogP contribution in [0.4, 0.5) is 11.5 Å². The Labute approximate surface area is 99.8 Å². The lowest BCUT2D eigenvalue weighted by atomic mass is 10.1. The Morgan fingerprint density at radius 1 is 1.59 bits per heavy atom. The van der Waals surface area contributed by atoms with Crippen LogP contribution in [0.1, 0.15) is 19.4 Å². The normalized spacial score (nSPS) is 12.5. The van der Waals surface area contributed by atoms with E-state index < -0.39 is 4.92 Å². The molecule has 0 amide bonds. The van der Waals surface area contributed by atoms with E-state index in [0.717, 1.165) is 0 Å². The molecule has 0 bridgehead atoms. The van der Waals surface area contributed by atoms with Crippen molar-refractivity contribution in [2.75, 3.05) is 11.9 Å². The Bertz CT molecular complexity index is 407. The van der Waals surface area contributed by atoms with Crippen molar-refractivity contribution in [3.05, 3.63) is 27.9 Å². The maximum atomic E-state index is 10.9. The molecule has 0 spiro atoms. The van der Waals surface area contributed by atoms with Crippen LogP contribution in [0.3, 0.4) is 0 Å². The number of aromatic nitrogens is 1. The van der Waals surface area contributed by atoms with Crippen molar-refractivity contribution in [1.29, 1.82) is 0 Å². The molecule has 0 radical (unpaired) electrons. The molecule has 6 heteroatoms. The molecule has 1 rings (SSSR count). The summed E-state index contributed by atoms with van der Waals surface area (Å²) in [5, 5.41) is 23.1. The molecule has 94 valence electrons. The van der Waals surface area contributed by atoms with Crippen LogP contribution < -0.4 is 5.32 Å². The minimum absolute atomic E-state index is 0.0356. The summed E-state index contributed by atoms with van der Waals surface area (Å²) in [5.41, 5.74) is 0.513. The topological polar surface area (TPSA) is 88.3 Å². The highest BCUT2D eigenvalue weighted by atomic mass is 16.6. The fourth-order valence-electron chi connectivity index (χ4n) is 1.49. The second-order valence-corrected chi connectivity index (χ2v) is 4.26. The molecule has 0 aliphatic heterocycles. The average Bonchev–Trinajstić information content (AvgIpc) is 2.24. The molecule has 0 aliphatic rings. The van der Waals surface area contributed by atoms with E-state index >= 15 is 0 Å². The Morgan fingerprint density at radius 2 is 2.24 bits per heavy atom. The average molecular weight is 239 g/mol. The van der Waals surface area contributed by atoms with Crippen molar-refractivity contribution in [3.8, 4) is 0 Å². The number of nitrogens with one attached hydrogen (secondary N) is 1. The Hall–Kier alpha value is -1.69.